The van der Waals surface area contributed by atoms with Gasteiger partial charge >= 0.3 is 0 Å². The maximum absolute atomic E-state index is 6.18. The quantitative estimate of drug-likeness (QED) is 0.190. The Morgan fingerprint density at radius 2 is 0.633 bits per heavy atom. The fourth-order valence-corrected chi connectivity index (χ4v) is 18.1. The van der Waals surface area contributed by atoms with Gasteiger partial charge in [0.15, 0.2) is 0 Å². The van der Waals surface area contributed by atoms with Crippen LogP contribution in [-0.4, -0.2) is 26.4 Å². The lowest BCUT2D eigenvalue weighted by atomic mass is 9.99. The Morgan fingerprint density at radius 1 is 0.467 bits per heavy atom. The molecule has 0 unspecified atom stereocenters. The molecule has 0 aliphatic rings. The van der Waals surface area contributed by atoms with Crippen LogP contribution in [0, 0.1) is 21.7 Å². The highest BCUT2D eigenvalue weighted by Crippen LogP contribution is 2.78. The molecule has 0 aromatic rings. The van der Waals surface area contributed by atoms with Gasteiger partial charge in [-0.2, -0.15) is 0 Å². The minimum Gasteiger partial charge on any atom is -0.321 e. The highest BCUT2D eigenvalue weighted by atomic mass is 33.5. The van der Waals surface area contributed by atoms with Crippen LogP contribution < -0.4 is 0 Å². The number of hydrogen-bond donors (Lipinski definition) is 0. The molecular formula is C20H44O4P2S4. The fourth-order valence-electron chi connectivity index (χ4n) is 1.33. The summed E-state index contributed by atoms with van der Waals surface area (Å²) in [7, 11) is 2.81. The van der Waals surface area contributed by atoms with E-state index in [1.807, 2.05) is 0 Å². The van der Waals surface area contributed by atoms with Gasteiger partial charge in [0, 0.05) is 20.8 Å². The number of hydrogen-bond acceptors (Lipinski definition) is 8. The van der Waals surface area contributed by atoms with Crippen molar-refractivity contribution in [3.63, 3.8) is 0 Å². The molecule has 0 atom stereocenters. The predicted octanol–water partition coefficient (Wildman–Crippen LogP) is 9.07. The third kappa shape index (κ3) is 18.3. The summed E-state index contributed by atoms with van der Waals surface area (Å²) < 4.78 is 24.7. The van der Waals surface area contributed by atoms with Gasteiger partial charge in [-0.1, -0.05) is 83.1 Å². The van der Waals surface area contributed by atoms with Gasteiger partial charge in [-0.25, -0.2) is 0 Å². The Bertz CT molecular complexity index is 516. The van der Waals surface area contributed by atoms with Crippen molar-refractivity contribution >= 4 is 55.8 Å². The van der Waals surface area contributed by atoms with Crippen molar-refractivity contribution in [1.29, 1.82) is 0 Å². The van der Waals surface area contributed by atoms with Gasteiger partial charge in [0.1, 0.15) is 0 Å². The highest BCUT2D eigenvalue weighted by Gasteiger charge is 2.33. The van der Waals surface area contributed by atoms with E-state index in [1.54, 1.807) is 0 Å². The molecule has 182 valence electrons. The van der Waals surface area contributed by atoms with Gasteiger partial charge in [0.2, 0.25) is 0 Å². The van der Waals surface area contributed by atoms with E-state index in [1.165, 1.54) is 20.8 Å². The van der Waals surface area contributed by atoms with E-state index in [-0.39, 0.29) is 21.7 Å². The summed E-state index contributed by atoms with van der Waals surface area (Å²) in [6.07, 6.45) is 0. The smallest absolute Gasteiger partial charge is 0.258 e. The van der Waals surface area contributed by atoms with Crippen LogP contribution >= 0.6 is 32.2 Å². The minimum absolute atomic E-state index is 0.00789. The Kier molecular flexibility index (Phi) is 12.7. The summed E-state index contributed by atoms with van der Waals surface area (Å²) in [5.74, 6) is 0. The van der Waals surface area contributed by atoms with Crippen LogP contribution in [0.25, 0.3) is 0 Å². The fraction of sp³-hybridized carbons (Fsp3) is 1.00. The number of rotatable bonds is 11. The third-order valence-electron chi connectivity index (χ3n) is 2.84. The lowest BCUT2D eigenvalue weighted by molar-refractivity contribution is 0.155. The van der Waals surface area contributed by atoms with E-state index in [2.05, 4.69) is 83.1 Å². The van der Waals surface area contributed by atoms with Crippen LogP contribution in [0.1, 0.15) is 83.1 Å². The van der Waals surface area contributed by atoms with Crippen molar-refractivity contribution < 1.29 is 18.1 Å². The molecule has 0 aliphatic heterocycles. The van der Waals surface area contributed by atoms with Crippen molar-refractivity contribution in [3.05, 3.63) is 0 Å². The molecule has 10 heteroatoms. The topological polar surface area (TPSA) is 36.9 Å². The molecule has 0 aromatic carbocycles. The molecule has 0 spiro atoms. The minimum atomic E-state index is -2.62. The maximum Gasteiger partial charge on any atom is 0.258 e. The van der Waals surface area contributed by atoms with Crippen molar-refractivity contribution in [3.8, 4) is 0 Å². The van der Waals surface area contributed by atoms with Gasteiger partial charge < -0.3 is 18.1 Å². The van der Waals surface area contributed by atoms with Crippen LogP contribution in [-0.2, 0) is 41.7 Å². The Hall–Kier alpha value is 1.84. The largest absolute Gasteiger partial charge is 0.321 e. The van der Waals surface area contributed by atoms with Crippen molar-refractivity contribution in [2.24, 2.45) is 21.7 Å². The molecular weight excluding hydrogens is 494 g/mol. The molecule has 30 heavy (non-hydrogen) atoms. The van der Waals surface area contributed by atoms with Gasteiger partial charge in [-0.15, -0.1) is 0 Å². The predicted molar refractivity (Wildman–Crippen MR) is 145 cm³/mol. The van der Waals surface area contributed by atoms with Crippen LogP contribution in [0.5, 0.6) is 0 Å². The van der Waals surface area contributed by atoms with E-state index in [4.69, 9.17) is 41.7 Å². The summed E-state index contributed by atoms with van der Waals surface area (Å²) in [6, 6.07) is 0. The highest BCUT2D eigenvalue weighted by molar-refractivity contribution is 9.17. The van der Waals surface area contributed by atoms with Crippen molar-refractivity contribution in [2.45, 2.75) is 83.1 Å². The van der Waals surface area contributed by atoms with E-state index in [9.17, 15) is 0 Å². The average Bonchev–Trinajstić information content (AvgIpc) is 2.51. The van der Waals surface area contributed by atoms with E-state index in [0.717, 1.165) is 0 Å². The van der Waals surface area contributed by atoms with E-state index in [0.29, 0.717) is 26.4 Å². The molecule has 0 N–H and O–H groups in total. The monoisotopic (exact) mass is 538 g/mol. The molecule has 0 aromatic heterocycles. The summed E-state index contributed by atoms with van der Waals surface area (Å²) >= 11 is 11.8. The zero-order chi connectivity index (χ0) is 24.1. The molecule has 0 rings (SSSR count). The summed E-state index contributed by atoms with van der Waals surface area (Å²) in [4.78, 5) is 0. The SMILES string of the molecule is CC(C)(C)COP(=S)(OCC(C)(C)C)SSP(=S)(OCC(C)(C)C)OCC(C)(C)C. The maximum atomic E-state index is 6.18. The molecule has 0 aliphatic carbocycles. The van der Waals surface area contributed by atoms with Crippen LogP contribution in [0.3, 0.4) is 0 Å². The van der Waals surface area contributed by atoms with Gasteiger partial charge in [0.25, 0.3) is 11.4 Å². The standard InChI is InChI=1S/C20H44O4P2S4/c1-17(2,3)13-21-25(27,22-14-18(4,5)6)29-30-26(28,23-15-19(7,8)9)24-16-20(10,11)12/h13-16H2,1-12H3. The van der Waals surface area contributed by atoms with Gasteiger partial charge in [-0.05, 0) is 45.3 Å². The second-order valence-corrected chi connectivity index (χ2v) is 26.2. The molecule has 0 radical (unpaired) electrons. The molecule has 0 saturated carbocycles. The molecule has 0 bridgehead atoms. The summed E-state index contributed by atoms with van der Waals surface area (Å²) in [6.45, 7) is 27.6. The van der Waals surface area contributed by atoms with Gasteiger partial charge in [-0.3, -0.25) is 0 Å². The zero-order valence-corrected chi connectivity index (χ0v) is 26.0. The van der Waals surface area contributed by atoms with Gasteiger partial charge in [0.05, 0.1) is 26.4 Å². The van der Waals surface area contributed by atoms with Crippen LogP contribution in [0.2, 0.25) is 0 Å². The summed E-state index contributed by atoms with van der Waals surface area (Å²) in [5, 5.41) is 0. The summed E-state index contributed by atoms with van der Waals surface area (Å²) in [5.41, 5.74) is -5.28. The average molecular weight is 539 g/mol. The Labute approximate surface area is 204 Å². The first-order chi connectivity index (χ1) is 13.0. The Morgan fingerprint density at radius 3 is 0.767 bits per heavy atom. The van der Waals surface area contributed by atoms with E-state index >= 15 is 0 Å². The molecule has 4 nitrogen and oxygen atoms in total. The van der Waals surface area contributed by atoms with E-state index < -0.39 is 11.4 Å². The lowest BCUT2D eigenvalue weighted by Gasteiger charge is -2.31. The second kappa shape index (κ2) is 12.0. The third-order valence-corrected chi connectivity index (χ3v) is 17.8. The molecule has 0 heterocycles. The van der Waals surface area contributed by atoms with Crippen LogP contribution in [0.15, 0.2) is 0 Å². The lowest BCUT2D eigenvalue weighted by Crippen LogP contribution is -2.17. The molecule has 0 fully saturated rings. The van der Waals surface area contributed by atoms with Crippen molar-refractivity contribution in [2.75, 3.05) is 26.4 Å². The zero-order valence-electron chi connectivity index (χ0n) is 21.0. The van der Waals surface area contributed by atoms with Crippen LogP contribution in [0.4, 0.5) is 0 Å². The Balaban J connectivity index is 5.44. The molecule has 0 saturated heterocycles. The second-order valence-electron chi connectivity index (χ2n) is 12.4. The normalized spacial score (nSPS) is 14.9. The first kappa shape index (κ1) is 31.8. The molecule has 0 amide bonds. The van der Waals surface area contributed by atoms with Crippen molar-refractivity contribution in [1.82, 2.24) is 0 Å². The first-order valence-electron chi connectivity index (χ1n) is 10.2. The first-order valence-corrected chi connectivity index (χ1v) is 18.8.